The Bertz CT molecular complexity index is 905. The summed E-state index contributed by atoms with van der Waals surface area (Å²) in [4.78, 5) is 85.9. The van der Waals surface area contributed by atoms with Crippen LogP contribution in [0.5, 0.6) is 0 Å². The van der Waals surface area contributed by atoms with E-state index in [1.165, 1.54) is 0 Å². The maximum atomic E-state index is 12.8. The van der Waals surface area contributed by atoms with Crippen LogP contribution in [0.4, 0.5) is 0 Å². The molecule has 0 spiro atoms. The Morgan fingerprint density at radius 3 is 1.68 bits per heavy atom. The Balaban J connectivity index is 5.52. The molecule has 0 rings (SSSR count). The fraction of sp³-hybridized carbons (Fsp3) is 0.579. The van der Waals surface area contributed by atoms with Gasteiger partial charge in [0, 0.05) is 13.0 Å². The molecule has 4 amide bonds. The third-order valence-corrected chi connectivity index (χ3v) is 4.62. The predicted octanol–water partition coefficient (Wildman–Crippen LogP) is -4.88. The van der Waals surface area contributed by atoms with Crippen LogP contribution < -0.4 is 38.9 Å². The van der Waals surface area contributed by atoms with Gasteiger partial charge in [0.25, 0.3) is 0 Å². The molecule has 0 heterocycles. The van der Waals surface area contributed by atoms with Crippen molar-refractivity contribution >= 4 is 47.5 Å². The van der Waals surface area contributed by atoms with Gasteiger partial charge in [0.05, 0.1) is 18.9 Å². The number of carboxylic acid groups (broad SMARTS) is 3. The number of hydrogen-bond donors (Lipinski definition) is 10. The van der Waals surface area contributed by atoms with Gasteiger partial charge in [0.2, 0.25) is 23.6 Å². The van der Waals surface area contributed by atoms with Crippen molar-refractivity contribution in [3.63, 3.8) is 0 Å². The van der Waals surface area contributed by atoms with Crippen LogP contribution in [0.15, 0.2) is 4.99 Å². The average Bonchev–Trinajstić information content (AvgIpc) is 2.76. The van der Waals surface area contributed by atoms with Crippen LogP contribution >= 0.6 is 0 Å². The first-order valence-corrected chi connectivity index (χ1v) is 10.8. The molecule has 0 aromatic rings. The Morgan fingerprint density at radius 2 is 1.19 bits per heavy atom. The highest BCUT2D eigenvalue weighted by Crippen LogP contribution is 2.04. The van der Waals surface area contributed by atoms with Crippen molar-refractivity contribution in [2.24, 2.45) is 27.9 Å². The molecule has 4 unspecified atom stereocenters. The normalized spacial score (nSPS) is 13.6. The van der Waals surface area contributed by atoms with Crippen LogP contribution in [0.1, 0.15) is 38.5 Å². The van der Waals surface area contributed by atoms with Gasteiger partial charge in [-0.1, -0.05) is 0 Å². The number of rotatable bonds is 18. The number of primary amides is 1. The number of nitrogens with zero attached hydrogens (tertiary/aromatic N) is 1. The first kappa shape index (κ1) is 32.5. The number of carbonyl (C=O) groups excluding carboxylic acids is 4. The van der Waals surface area contributed by atoms with Gasteiger partial charge in [0.1, 0.15) is 18.1 Å². The zero-order valence-corrected chi connectivity index (χ0v) is 19.7. The number of nitrogens with two attached hydrogens (primary N) is 4. The highest BCUT2D eigenvalue weighted by Gasteiger charge is 2.32. The number of aliphatic carboxylic acids is 3. The lowest BCUT2D eigenvalue weighted by Gasteiger charge is -2.24. The zero-order valence-electron chi connectivity index (χ0n) is 19.7. The summed E-state index contributed by atoms with van der Waals surface area (Å²) < 4.78 is 0. The molecule has 0 aromatic heterocycles. The topological polar surface area (TPSA) is 333 Å². The first-order valence-electron chi connectivity index (χ1n) is 10.8. The van der Waals surface area contributed by atoms with Crippen LogP contribution in [-0.2, 0) is 33.6 Å². The van der Waals surface area contributed by atoms with Gasteiger partial charge in [-0.15, -0.1) is 0 Å². The summed E-state index contributed by atoms with van der Waals surface area (Å²) in [7, 11) is 0. The molecule has 0 fully saturated rings. The molecule has 0 radical (unpaired) electrons. The van der Waals surface area contributed by atoms with E-state index in [2.05, 4.69) is 15.6 Å². The van der Waals surface area contributed by atoms with Crippen molar-refractivity contribution in [1.82, 2.24) is 16.0 Å². The number of carbonyl (C=O) groups is 7. The number of guanidine groups is 1. The molecule has 18 heteroatoms. The quantitative estimate of drug-likeness (QED) is 0.0450. The first-order chi connectivity index (χ1) is 17.1. The lowest BCUT2D eigenvalue weighted by Crippen LogP contribution is -2.57. The van der Waals surface area contributed by atoms with Crippen molar-refractivity contribution in [2.75, 3.05) is 6.54 Å². The van der Waals surface area contributed by atoms with Crippen LogP contribution in [0.2, 0.25) is 0 Å². The maximum absolute atomic E-state index is 12.8. The number of hydrogen-bond acceptors (Lipinski definition) is 9. The van der Waals surface area contributed by atoms with Gasteiger partial charge in [-0.3, -0.25) is 33.8 Å². The van der Waals surface area contributed by atoms with E-state index in [0.717, 1.165) is 0 Å². The third kappa shape index (κ3) is 14.5. The number of amides is 4. The van der Waals surface area contributed by atoms with Crippen molar-refractivity contribution in [2.45, 2.75) is 62.7 Å². The minimum Gasteiger partial charge on any atom is -0.481 e. The van der Waals surface area contributed by atoms with E-state index in [1.807, 2.05) is 5.32 Å². The summed E-state index contributed by atoms with van der Waals surface area (Å²) in [5.41, 5.74) is 21.3. The molecule has 0 aromatic carbocycles. The molecular formula is C19H32N8O10. The number of aliphatic imine (C=N–C) groups is 1. The maximum Gasteiger partial charge on any atom is 0.326 e. The number of nitrogens with one attached hydrogen (secondary N) is 3. The molecule has 18 nitrogen and oxygen atoms in total. The molecule has 0 aliphatic heterocycles. The summed E-state index contributed by atoms with van der Waals surface area (Å²) in [6.07, 6.45) is -2.34. The van der Waals surface area contributed by atoms with E-state index in [1.54, 1.807) is 0 Å². The standard InChI is InChI=1S/C19H32N8O10/c20-8(2-1-5-24-19(22)23)15(33)25-9(3-4-12(21)28)16(34)26-10(6-13(29)30)17(35)27-11(18(36)37)7-14(31)32/h8-11H,1-7,20H2,(H2,21,28)(H,25,33)(H,26,34)(H,27,35)(H,29,30)(H,31,32)(H,36,37)(H4,22,23,24). The molecule has 0 aliphatic carbocycles. The van der Waals surface area contributed by atoms with Crippen molar-refractivity contribution in [3.05, 3.63) is 0 Å². The molecule has 0 saturated heterocycles. The third-order valence-electron chi connectivity index (χ3n) is 4.62. The molecule has 0 aliphatic rings. The predicted molar refractivity (Wildman–Crippen MR) is 124 cm³/mol. The van der Waals surface area contributed by atoms with E-state index < -0.39 is 78.5 Å². The Labute approximate surface area is 210 Å². The summed E-state index contributed by atoms with van der Waals surface area (Å²) >= 11 is 0. The van der Waals surface area contributed by atoms with Gasteiger partial charge < -0.3 is 54.2 Å². The van der Waals surface area contributed by atoms with Gasteiger partial charge >= 0.3 is 17.9 Å². The fourth-order valence-corrected chi connectivity index (χ4v) is 2.79. The highest BCUT2D eigenvalue weighted by atomic mass is 16.4. The summed E-state index contributed by atoms with van der Waals surface area (Å²) in [5, 5.41) is 33.1. The van der Waals surface area contributed by atoms with Crippen LogP contribution in [0, 0.1) is 0 Å². The second-order valence-corrected chi connectivity index (χ2v) is 7.78. The van der Waals surface area contributed by atoms with Crippen LogP contribution in [0.25, 0.3) is 0 Å². The molecule has 0 saturated carbocycles. The zero-order chi connectivity index (χ0) is 28.7. The van der Waals surface area contributed by atoms with Crippen molar-refractivity contribution in [1.29, 1.82) is 0 Å². The summed E-state index contributed by atoms with van der Waals surface area (Å²) in [6.45, 7) is 0.181. The van der Waals surface area contributed by atoms with E-state index in [4.69, 9.17) is 38.3 Å². The highest BCUT2D eigenvalue weighted by molar-refractivity contribution is 5.96. The average molecular weight is 533 g/mol. The van der Waals surface area contributed by atoms with Gasteiger partial charge in [-0.25, -0.2) is 4.79 Å². The molecule has 4 atom stereocenters. The van der Waals surface area contributed by atoms with E-state index in [9.17, 15) is 33.6 Å². The molecule has 14 N–H and O–H groups in total. The van der Waals surface area contributed by atoms with Gasteiger partial charge in [0.15, 0.2) is 5.96 Å². The van der Waals surface area contributed by atoms with Crippen molar-refractivity contribution < 1.29 is 48.9 Å². The molecule has 0 bridgehead atoms. The van der Waals surface area contributed by atoms with Crippen LogP contribution in [0.3, 0.4) is 0 Å². The van der Waals surface area contributed by atoms with Crippen LogP contribution in [-0.4, -0.2) is 93.5 Å². The monoisotopic (exact) mass is 532 g/mol. The minimum absolute atomic E-state index is 0.108. The molecule has 37 heavy (non-hydrogen) atoms. The Hall–Kier alpha value is -4.48. The SMILES string of the molecule is NC(=O)CCC(NC(=O)C(N)CCCN=C(N)N)C(=O)NC(CC(=O)O)C(=O)NC(CC(=O)O)C(=O)O. The second-order valence-electron chi connectivity index (χ2n) is 7.78. The summed E-state index contributed by atoms with van der Waals surface area (Å²) in [6, 6.07) is -6.38. The van der Waals surface area contributed by atoms with Gasteiger partial charge in [-0.2, -0.15) is 0 Å². The molecule has 208 valence electrons. The van der Waals surface area contributed by atoms with Crippen molar-refractivity contribution in [3.8, 4) is 0 Å². The summed E-state index contributed by atoms with van der Waals surface area (Å²) in [5.74, 6) is -9.04. The fourth-order valence-electron chi connectivity index (χ4n) is 2.79. The van der Waals surface area contributed by atoms with Gasteiger partial charge in [-0.05, 0) is 19.3 Å². The van der Waals surface area contributed by atoms with E-state index in [-0.39, 0.29) is 31.8 Å². The molecular weight excluding hydrogens is 500 g/mol. The van der Waals surface area contributed by atoms with E-state index >= 15 is 0 Å². The minimum atomic E-state index is -1.92. The largest absolute Gasteiger partial charge is 0.481 e. The lowest BCUT2D eigenvalue weighted by molar-refractivity contribution is -0.148. The Morgan fingerprint density at radius 1 is 0.703 bits per heavy atom. The lowest BCUT2D eigenvalue weighted by atomic mass is 10.1. The Kier molecular flexibility index (Phi) is 14.3. The number of carboxylic acids is 3. The van der Waals surface area contributed by atoms with E-state index in [0.29, 0.717) is 6.42 Å². The smallest absolute Gasteiger partial charge is 0.326 e. The second kappa shape index (κ2) is 16.2.